The normalized spacial score (nSPS) is 23.5. The Labute approximate surface area is 106 Å². The lowest BCUT2D eigenvalue weighted by Gasteiger charge is -2.25. The number of ether oxygens (including phenoxy) is 3. The second-order valence-corrected chi connectivity index (χ2v) is 4.39. The maximum Gasteiger partial charge on any atom is 0.323 e. The summed E-state index contributed by atoms with van der Waals surface area (Å²) in [5.41, 5.74) is 5.85. The molecule has 6 nitrogen and oxygen atoms in total. The standard InChI is InChI=1S/C12H19N3O3/c1-16-10-7-11(17-2)15-12(14-10)18-9-5-3-8(13)4-6-9/h7-9H,3-6,13H2,1-2H3. The number of rotatable bonds is 4. The fraction of sp³-hybridized carbons (Fsp3) is 0.667. The van der Waals surface area contributed by atoms with Crippen molar-refractivity contribution in [2.45, 2.75) is 37.8 Å². The van der Waals surface area contributed by atoms with Crippen molar-refractivity contribution in [3.05, 3.63) is 6.07 Å². The number of nitrogens with zero attached hydrogens (tertiary/aromatic N) is 2. The molecule has 0 aliphatic heterocycles. The molecular formula is C12H19N3O3. The van der Waals surface area contributed by atoms with Crippen LogP contribution in [0.25, 0.3) is 0 Å². The van der Waals surface area contributed by atoms with E-state index in [0.29, 0.717) is 23.8 Å². The fourth-order valence-corrected chi connectivity index (χ4v) is 2.00. The largest absolute Gasteiger partial charge is 0.481 e. The number of methoxy groups -OCH3 is 2. The van der Waals surface area contributed by atoms with Crippen LogP contribution in [0.1, 0.15) is 25.7 Å². The minimum Gasteiger partial charge on any atom is -0.481 e. The summed E-state index contributed by atoms with van der Waals surface area (Å²) in [6, 6.07) is 2.21. The third-order valence-electron chi connectivity index (χ3n) is 3.07. The minimum absolute atomic E-state index is 0.126. The summed E-state index contributed by atoms with van der Waals surface area (Å²) in [5, 5.41) is 0. The van der Waals surface area contributed by atoms with Crippen LogP contribution in [-0.4, -0.2) is 36.3 Å². The van der Waals surface area contributed by atoms with E-state index in [4.69, 9.17) is 19.9 Å². The fourth-order valence-electron chi connectivity index (χ4n) is 2.00. The quantitative estimate of drug-likeness (QED) is 0.866. The van der Waals surface area contributed by atoms with Crippen LogP contribution >= 0.6 is 0 Å². The van der Waals surface area contributed by atoms with Crippen molar-refractivity contribution in [3.63, 3.8) is 0 Å². The van der Waals surface area contributed by atoms with Gasteiger partial charge in [-0.15, -0.1) is 0 Å². The highest BCUT2D eigenvalue weighted by molar-refractivity contribution is 5.22. The zero-order valence-electron chi connectivity index (χ0n) is 10.8. The van der Waals surface area contributed by atoms with E-state index in [1.807, 2.05) is 0 Å². The summed E-state index contributed by atoms with van der Waals surface area (Å²) in [6.45, 7) is 0. The first-order valence-electron chi connectivity index (χ1n) is 6.10. The predicted octanol–water partition coefficient (Wildman–Crippen LogP) is 1.14. The number of nitrogens with two attached hydrogens (primary N) is 1. The summed E-state index contributed by atoms with van der Waals surface area (Å²) < 4.78 is 15.9. The van der Waals surface area contributed by atoms with Gasteiger partial charge in [-0.05, 0) is 25.7 Å². The van der Waals surface area contributed by atoms with Crippen LogP contribution in [0.15, 0.2) is 6.07 Å². The molecule has 2 rings (SSSR count). The third-order valence-corrected chi connectivity index (χ3v) is 3.07. The van der Waals surface area contributed by atoms with Crippen molar-refractivity contribution in [2.75, 3.05) is 14.2 Å². The Hall–Kier alpha value is -1.56. The van der Waals surface area contributed by atoms with Gasteiger partial charge >= 0.3 is 6.01 Å². The molecule has 1 aliphatic rings. The van der Waals surface area contributed by atoms with Gasteiger partial charge in [-0.3, -0.25) is 0 Å². The molecule has 6 heteroatoms. The van der Waals surface area contributed by atoms with E-state index in [-0.39, 0.29) is 6.10 Å². The van der Waals surface area contributed by atoms with Gasteiger partial charge in [-0.1, -0.05) is 0 Å². The monoisotopic (exact) mass is 253 g/mol. The van der Waals surface area contributed by atoms with Crippen molar-refractivity contribution in [1.29, 1.82) is 0 Å². The van der Waals surface area contributed by atoms with Gasteiger partial charge in [-0.25, -0.2) is 0 Å². The van der Waals surface area contributed by atoms with Gasteiger partial charge in [0.1, 0.15) is 6.10 Å². The minimum atomic E-state index is 0.126. The predicted molar refractivity (Wildman–Crippen MR) is 66.0 cm³/mol. The summed E-state index contributed by atoms with van der Waals surface area (Å²) in [5.74, 6) is 0.869. The lowest BCUT2D eigenvalue weighted by molar-refractivity contribution is 0.132. The second kappa shape index (κ2) is 5.86. The Morgan fingerprint density at radius 3 is 2.11 bits per heavy atom. The van der Waals surface area contributed by atoms with Crippen LogP contribution in [-0.2, 0) is 0 Å². The molecule has 0 aromatic carbocycles. The van der Waals surface area contributed by atoms with Crippen LogP contribution in [0, 0.1) is 0 Å². The molecule has 1 aromatic rings. The zero-order chi connectivity index (χ0) is 13.0. The number of hydrogen-bond donors (Lipinski definition) is 1. The molecular weight excluding hydrogens is 234 g/mol. The summed E-state index contributed by atoms with van der Waals surface area (Å²) in [6.07, 6.45) is 3.95. The van der Waals surface area contributed by atoms with Crippen molar-refractivity contribution >= 4 is 0 Å². The van der Waals surface area contributed by atoms with Crippen LogP contribution in [0.4, 0.5) is 0 Å². The molecule has 0 saturated heterocycles. The van der Waals surface area contributed by atoms with E-state index in [1.54, 1.807) is 20.3 Å². The van der Waals surface area contributed by atoms with Crippen LogP contribution in [0.3, 0.4) is 0 Å². The summed E-state index contributed by atoms with van der Waals surface area (Å²) in [7, 11) is 3.09. The highest BCUT2D eigenvalue weighted by Crippen LogP contribution is 2.24. The van der Waals surface area contributed by atoms with E-state index < -0.39 is 0 Å². The van der Waals surface area contributed by atoms with Gasteiger partial charge in [0.05, 0.1) is 20.3 Å². The molecule has 1 aromatic heterocycles. The maximum atomic E-state index is 5.85. The van der Waals surface area contributed by atoms with Gasteiger partial charge in [0, 0.05) is 6.04 Å². The molecule has 1 saturated carbocycles. The molecule has 1 fully saturated rings. The molecule has 2 N–H and O–H groups in total. The first kappa shape index (κ1) is 12.9. The van der Waals surface area contributed by atoms with E-state index >= 15 is 0 Å². The van der Waals surface area contributed by atoms with Crippen molar-refractivity contribution < 1.29 is 14.2 Å². The molecule has 0 radical (unpaired) electrons. The first-order chi connectivity index (χ1) is 8.71. The summed E-state index contributed by atoms with van der Waals surface area (Å²) in [4.78, 5) is 8.29. The average molecular weight is 253 g/mol. The Morgan fingerprint density at radius 1 is 1.06 bits per heavy atom. The molecule has 100 valence electrons. The topological polar surface area (TPSA) is 79.5 Å². The lowest BCUT2D eigenvalue weighted by Crippen LogP contribution is -2.32. The molecule has 0 spiro atoms. The Kier molecular flexibility index (Phi) is 4.19. The van der Waals surface area contributed by atoms with Crippen molar-refractivity contribution in [1.82, 2.24) is 9.97 Å². The van der Waals surface area contributed by atoms with Crippen LogP contribution in [0.5, 0.6) is 17.8 Å². The Bertz CT molecular complexity index is 370. The molecule has 18 heavy (non-hydrogen) atoms. The SMILES string of the molecule is COc1cc(OC)nc(OC2CCC(N)CC2)n1. The number of hydrogen-bond acceptors (Lipinski definition) is 6. The third kappa shape index (κ3) is 3.22. The van der Waals surface area contributed by atoms with Crippen molar-refractivity contribution in [2.24, 2.45) is 5.73 Å². The first-order valence-corrected chi connectivity index (χ1v) is 6.10. The molecule has 1 heterocycles. The van der Waals surface area contributed by atoms with Gasteiger partial charge in [0.15, 0.2) is 0 Å². The van der Waals surface area contributed by atoms with Gasteiger partial charge < -0.3 is 19.9 Å². The van der Waals surface area contributed by atoms with E-state index in [0.717, 1.165) is 25.7 Å². The number of aromatic nitrogens is 2. The zero-order valence-corrected chi connectivity index (χ0v) is 10.8. The van der Waals surface area contributed by atoms with E-state index in [1.165, 1.54) is 0 Å². The lowest BCUT2D eigenvalue weighted by atomic mass is 9.94. The van der Waals surface area contributed by atoms with E-state index in [9.17, 15) is 0 Å². The Morgan fingerprint density at radius 2 is 1.61 bits per heavy atom. The highest BCUT2D eigenvalue weighted by atomic mass is 16.5. The van der Waals surface area contributed by atoms with Crippen molar-refractivity contribution in [3.8, 4) is 17.8 Å². The van der Waals surface area contributed by atoms with Gasteiger partial charge in [0.2, 0.25) is 11.8 Å². The molecule has 0 unspecified atom stereocenters. The average Bonchev–Trinajstić information content (AvgIpc) is 2.41. The second-order valence-electron chi connectivity index (χ2n) is 4.39. The maximum absolute atomic E-state index is 5.85. The molecule has 0 amide bonds. The van der Waals surface area contributed by atoms with Gasteiger partial charge in [0.25, 0.3) is 0 Å². The molecule has 1 aliphatic carbocycles. The van der Waals surface area contributed by atoms with Crippen LogP contribution < -0.4 is 19.9 Å². The van der Waals surface area contributed by atoms with E-state index in [2.05, 4.69) is 9.97 Å². The summed E-state index contributed by atoms with van der Waals surface area (Å²) >= 11 is 0. The molecule has 0 bridgehead atoms. The Balaban J connectivity index is 2.03. The van der Waals surface area contributed by atoms with Gasteiger partial charge in [-0.2, -0.15) is 9.97 Å². The smallest absolute Gasteiger partial charge is 0.323 e. The molecule has 0 atom stereocenters. The highest BCUT2D eigenvalue weighted by Gasteiger charge is 2.21. The van der Waals surface area contributed by atoms with Crippen LogP contribution in [0.2, 0.25) is 0 Å².